The SMILES string of the molecule is Cc1cc(Nc2cc(C)[nH]n2)nc(N2CCC3(CC2)CN(C(C)c2ccc(-n4cc(F)cn4)nc2)C(=O)N3)n1. The number of pyridine rings is 1. The van der Waals surface area contributed by atoms with Crippen LogP contribution >= 0.6 is 0 Å². The van der Waals surface area contributed by atoms with Crippen LogP contribution in [0.5, 0.6) is 0 Å². The summed E-state index contributed by atoms with van der Waals surface area (Å²) >= 11 is 0. The van der Waals surface area contributed by atoms with Gasteiger partial charge in [0.15, 0.2) is 17.5 Å². The Kier molecular flexibility index (Phi) is 6.12. The molecule has 3 N–H and O–H groups in total. The molecule has 2 amide bonds. The number of carbonyl (C=O) groups excluding carboxylic acids is 1. The number of halogens is 1. The van der Waals surface area contributed by atoms with Crippen LogP contribution in [0.15, 0.2) is 42.9 Å². The quantitative estimate of drug-likeness (QED) is 0.345. The predicted molar refractivity (Wildman–Crippen MR) is 143 cm³/mol. The highest BCUT2D eigenvalue weighted by Gasteiger charge is 2.46. The summed E-state index contributed by atoms with van der Waals surface area (Å²) in [5, 5.41) is 17.6. The molecule has 0 radical (unpaired) electrons. The van der Waals surface area contributed by atoms with E-state index in [0.29, 0.717) is 29.9 Å². The number of aryl methyl sites for hydroxylation is 2. The molecule has 1 unspecified atom stereocenters. The van der Waals surface area contributed by atoms with Crippen molar-refractivity contribution in [3.8, 4) is 5.82 Å². The van der Waals surface area contributed by atoms with Gasteiger partial charge in [0, 0.05) is 49.4 Å². The molecule has 39 heavy (non-hydrogen) atoms. The summed E-state index contributed by atoms with van der Waals surface area (Å²) in [4.78, 5) is 30.9. The molecule has 6 rings (SSSR count). The van der Waals surface area contributed by atoms with Crippen molar-refractivity contribution in [2.75, 3.05) is 29.9 Å². The van der Waals surface area contributed by atoms with Crippen molar-refractivity contribution in [3.05, 3.63) is 65.6 Å². The highest BCUT2D eigenvalue weighted by molar-refractivity contribution is 5.78. The summed E-state index contributed by atoms with van der Waals surface area (Å²) < 4.78 is 14.7. The average Bonchev–Trinajstić information content (AvgIpc) is 3.62. The number of anilines is 3. The first kappa shape index (κ1) is 24.8. The Balaban J connectivity index is 1.11. The minimum atomic E-state index is -0.422. The molecule has 2 saturated heterocycles. The lowest BCUT2D eigenvalue weighted by atomic mass is 9.88. The van der Waals surface area contributed by atoms with Gasteiger partial charge in [0.25, 0.3) is 0 Å². The van der Waals surface area contributed by atoms with Gasteiger partial charge in [-0.2, -0.15) is 15.2 Å². The summed E-state index contributed by atoms with van der Waals surface area (Å²) in [7, 11) is 0. The lowest BCUT2D eigenvalue weighted by molar-refractivity contribution is 0.199. The van der Waals surface area contributed by atoms with Gasteiger partial charge in [-0.15, -0.1) is 0 Å². The number of rotatable bonds is 6. The molecule has 0 bridgehead atoms. The summed E-state index contributed by atoms with van der Waals surface area (Å²) in [6, 6.07) is 7.24. The van der Waals surface area contributed by atoms with Crippen LogP contribution in [0.4, 0.5) is 26.8 Å². The Hall–Kier alpha value is -4.55. The zero-order valence-corrected chi connectivity index (χ0v) is 22.0. The van der Waals surface area contributed by atoms with Crippen LogP contribution in [0.1, 0.15) is 42.8 Å². The first-order valence-corrected chi connectivity index (χ1v) is 12.9. The Morgan fingerprint density at radius 1 is 1.10 bits per heavy atom. The molecule has 1 atom stereocenters. The van der Waals surface area contributed by atoms with Gasteiger partial charge in [-0.3, -0.25) is 5.10 Å². The Morgan fingerprint density at radius 3 is 2.59 bits per heavy atom. The maximum atomic E-state index is 13.3. The number of nitrogens with one attached hydrogen (secondary N) is 3. The third-order valence-electron chi connectivity index (χ3n) is 7.42. The summed E-state index contributed by atoms with van der Waals surface area (Å²) in [5.41, 5.74) is 2.42. The van der Waals surface area contributed by atoms with Crippen LogP contribution in [0.3, 0.4) is 0 Å². The molecule has 1 spiro atoms. The van der Waals surface area contributed by atoms with E-state index in [1.165, 1.54) is 10.9 Å². The van der Waals surface area contributed by atoms with Gasteiger partial charge in [-0.25, -0.2) is 23.8 Å². The summed E-state index contributed by atoms with van der Waals surface area (Å²) in [6.07, 6.45) is 5.69. The van der Waals surface area contributed by atoms with Crippen molar-refractivity contribution in [1.29, 1.82) is 0 Å². The van der Waals surface area contributed by atoms with Crippen LogP contribution < -0.4 is 15.5 Å². The topological polar surface area (TPSA) is 133 Å². The normalized spacial score (nSPS) is 17.5. The molecule has 0 saturated carbocycles. The predicted octanol–water partition coefficient (Wildman–Crippen LogP) is 3.41. The van der Waals surface area contributed by atoms with E-state index in [2.05, 4.69) is 40.8 Å². The number of piperidine rings is 1. The molecular weight excluding hydrogens is 501 g/mol. The largest absolute Gasteiger partial charge is 0.341 e. The monoisotopic (exact) mass is 531 g/mol. The first-order valence-electron chi connectivity index (χ1n) is 12.9. The fourth-order valence-corrected chi connectivity index (χ4v) is 5.22. The van der Waals surface area contributed by atoms with Gasteiger partial charge in [-0.1, -0.05) is 6.07 Å². The number of nitrogens with zero attached hydrogens (tertiary/aromatic N) is 8. The molecule has 0 aromatic carbocycles. The molecule has 2 aliphatic heterocycles. The van der Waals surface area contributed by atoms with Gasteiger partial charge < -0.3 is 20.4 Å². The van der Waals surface area contributed by atoms with E-state index < -0.39 is 5.82 Å². The molecule has 202 valence electrons. The molecule has 0 aliphatic carbocycles. The molecule has 2 fully saturated rings. The zero-order valence-electron chi connectivity index (χ0n) is 22.0. The number of aromatic amines is 1. The second-order valence-corrected chi connectivity index (χ2v) is 10.3. The van der Waals surface area contributed by atoms with E-state index in [9.17, 15) is 9.18 Å². The molecule has 12 nitrogen and oxygen atoms in total. The van der Waals surface area contributed by atoms with E-state index in [-0.39, 0.29) is 17.6 Å². The fraction of sp³-hybridized carbons (Fsp3) is 0.385. The van der Waals surface area contributed by atoms with Crippen molar-refractivity contribution in [3.63, 3.8) is 0 Å². The zero-order chi connectivity index (χ0) is 27.1. The van der Waals surface area contributed by atoms with Gasteiger partial charge in [0.1, 0.15) is 5.82 Å². The van der Waals surface area contributed by atoms with E-state index in [4.69, 9.17) is 4.98 Å². The number of urea groups is 1. The van der Waals surface area contributed by atoms with Crippen LogP contribution in [0.25, 0.3) is 5.82 Å². The minimum absolute atomic E-state index is 0.0817. The lowest BCUT2D eigenvalue weighted by Gasteiger charge is -2.39. The highest BCUT2D eigenvalue weighted by Crippen LogP contribution is 2.34. The second kappa shape index (κ2) is 9.64. The van der Waals surface area contributed by atoms with Gasteiger partial charge in [0.2, 0.25) is 5.95 Å². The van der Waals surface area contributed by atoms with Crippen molar-refractivity contribution >= 4 is 23.6 Å². The smallest absolute Gasteiger partial charge is 0.318 e. The number of amides is 2. The van der Waals surface area contributed by atoms with Crippen molar-refractivity contribution in [1.82, 2.24) is 45.1 Å². The Morgan fingerprint density at radius 2 is 1.92 bits per heavy atom. The lowest BCUT2D eigenvalue weighted by Crippen LogP contribution is -2.53. The first-order chi connectivity index (χ1) is 18.8. The number of aromatic nitrogens is 7. The van der Waals surface area contributed by atoms with E-state index in [0.717, 1.165) is 49.1 Å². The molecule has 4 aromatic rings. The van der Waals surface area contributed by atoms with Gasteiger partial charge in [0.05, 0.1) is 24.0 Å². The number of hydrogen-bond donors (Lipinski definition) is 3. The summed E-state index contributed by atoms with van der Waals surface area (Å²) in [6.45, 7) is 7.94. The van der Waals surface area contributed by atoms with Gasteiger partial charge in [-0.05, 0) is 45.2 Å². The van der Waals surface area contributed by atoms with E-state index in [1.807, 2.05) is 43.9 Å². The van der Waals surface area contributed by atoms with E-state index in [1.54, 1.807) is 12.3 Å². The Labute approximate surface area is 224 Å². The maximum Gasteiger partial charge on any atom is 0.318 e. The Bertz CT molecular complexity index is 1490. The number of carbonyl (C=O) groups is 1. The molecule has 13 heteroatoms. The average molecular weight is 532 g/mol. The van der Waals surface area contributed by atoms with Crippen LogP contribution in [-0.4, -0.2) is 71.0 Å². The molecule has 6 heterocycles. The third kappa shape index (κ3) is 4.99. The van der Waals surface area contributed by atoms with Gasteiger partial charge >= 0.3 is 6.03 Å². The van der Waals surface area contributed by atoms with E-state index >= 15 is 0 Å². The molecular formula is C26H30FN11O. The highest BCUT2D eigenvalue weighted by atomic mass is 19.1. The van der Waals surface area contributed by atoms with Crippen molar-refractivity contribution < 1.29 is 9.18 Å². The molecule has 2 aliphatic rings. The second-order valence-electron chi connectivity index (χ2n) is 10.3. The maximum absolute atomic E-state index is 13.3. The standard InChI is InChI=1S/C26H30FN11O/c1-16-10-21(31-22-11-17(2)34-35-22)32-24(30-16)36-8-6-26(7-9-36)15-37(25(39)33-26)18(3)19-4-5-23(28-12-19)38-14-20(27)13-29-38/h4-5,10-14,18H,6-9,15H2,1-3H3,(H,33,39)(H2,30,31,32,34,35). The fourth-order valence-electron chi connectivity index (χ4n) is 5.22. The molecule has 4 aromatic heterocycles. The minimum Gasteiger partial charge on any atom is -0.341 e. The summed E-state index contributed by atoms with van der Waals surface area (Å²) in [5.74, 6) is 2.15. The van der Waals surface area contributed by atoms with Crippen LogP contribution in [0, 0.1) is 19.7 Å². The van der Waals surface area contributed by atoms with Crippen molar-refractivity contribution in [2.45, 2.75) is 45.2 Å². The van der Waals surface area contributed by atoms with Crippen LogP contribution in [0.2, 0.25) is 0 Å². The van der Waals surface area contributed by atoms with Crippen LogP contribution in [-0.2, 0) is 0 Å². The number of H-pyrrole nitrogens is 1. The third-order valence-corrected chi connectivity index (χ3v) is 7.42. The van der Waals surface area contributed by atoms with Crippen molar-refractivity contribution in [2.24, 2.45) is 0 Å². The number of hydrogen-bond acceptors (Lipinski definition) is 8.